The molecule has 7 heteroatoms. The van der Waals surface area contributed by atoms with Crippen LogP contribution in [0.25, 0.3) is 0 Å². The molecule has 2 N–H and O–H groups in total. The Balaban J connectivity index is 1.49. The number of fused-ring (bicyclic) bond motifs is 3. The third-order valence-electron chi connectivity index (χ3n) is 6.29. The van der Waals surface area contributed by atoms with E-state index in [2.05, 4.69) is 28.3 Å². The lowest BCUT2D eigenvalue weighted by Gasteiger charge is -2.37. The molecule has 1 aliphatic heterocycles. The van der Waals surface area contributed by atoms with Crippen molar-refractivity contribution >= 4 is 44.6 Å². The lowest BCUT2D eigenvalue weighted by Crippen LogP contribution is -2.29. The van der Waals surface area contributed by atoms with Gasteiger partial charge < -0.3 is 5.32 Å². The SMILES string of the molecule is Cc1cc(Cl)ccc1NS(=O)(=O)c1ccc2c(c1)[C@@H]1C=CC[C@H]1[C@H](c1cccc(Cl)c1)N2. The van der Waals surface area contributed by atoms with Crippen LogP contribution < -0.4 is 10.0 Å². The maximum Gasteiger partial charge on any atom is 0.261 e. The molecule has 0 amide bonds. The minimum Gasteiger partial charge on any atom is -0.378 e. The quantitative estimate of drug-likeness (QED) is 0.394. The van der Waals surface area contributed by atoms with Crippen LogP contribution in [-0.2, 0) is 10.0 Å². The molecular formula is C25H22Cl2N2O2S. The molecule has 0 bridgehead atoms. The summed E-state index contributed by atoms with van der Waals surface area (Å²) in [5.74, 6) is 0.438. The van der Waals surface area contributed by atoms with Crippen molar-refractivity contribution in [1.82, 2.24) is 0 Å². The summed E-state index contributed by atoms with van der Waals surface area (Å²) in [4.78, 5) is 0.243. The van der Waals surface area contributed by atoms with Gasteiger partial charge in [0.25, 0.3) is 10.0 Å². The number of allylic oxidation sites excluding steroid dienone is 2. The van der Waals surface area contributed by atoms with Gasteiger partial charge in [0.15, 0.2) is 0 Å². The van der Waals surface area contributed by atoms with Gasteiger partial charge in [-0.25, -0.2) is 8.42 Å². The van der Waals surface area contributed by atoms with E-state index >= 15 is 0 Å². The second-order valence-corrected chi connectivity index (χ2v) is 10.9. The van der Waals surface area contributed by atoms with Gasteiger partial charge in [0.05, 0.1) is 16.6 Å². The summed E-state index contributed by atoms with van der Waals surface area (Å²) in [5.41, 5.74) is 4.37. The van der Waals surface area contributed by atoms with E-state index in [4.69, 9.17) is 23.2 Å². The van der Waals surface area contributed by atoms with Crippen molar-refractivity contribution in [3.63, 3.8) is 0 Å². The van der Waals surface area contributed by atoms with Gasteiger partial charge in [-0.2, -0.15) is 0 Å². The molecule has 5 rings (SSSR count). The van der Waals surface area contributed by atoms with Crippen molar-refractivity contribution in [2.75, 3.05) is 10.0 Å². The first-order chi connectivity index (χ1) is 15.3. The highest BCUT2D eigenvalue weighted by atomic mass is 35.5. The number of halogens is 2. The lowest BCUT2D eigenvalue weighted by atomic mass is 9.77. The maximum absolute atomic E-state index is 13.1. The molecular weight excluding hydrogens is 463 g/mol. The van der Waals surface area contributed by atoms with Gasteiger partial charge in [0, 0.05) is 21.7 Å². The Labute approximate surface area is 198 Å². The number of benzene rings is 3. The molecule has 0 fully saturated rings. The van der Waals surface area contributed by atoms with Crippen LogP contribution in [0, 0.1) is 12.8 Å². The predicted molar refractivity (Wildman–Crippen MR) is 131 cm³/mol. The molecule has 164 valence electrons. The summed E-state index contributed by atoms with van der Waals surface area (Å²) >= 11 is 12.2. The average Bonchev–Trinajstić information content (AvgIpc) is 3.25. The van der Waals surface area contributed by atoms with E-state index in [9.17, 15) is 8.42 Å². The zero-order chi connectivity index (χ0) is 22.5. The maximum atomic E-state index is 13.1. The summed E-state index contributed by atoms with van der Waals surface area (Å²) in [7, 11) is -3.74. The van der Waals surface area contributed by atoms with Crippen LogP contribution in [0.3, 0.4) is 0 Å². The number of anilines is 2. The normalized spacial score (nSPS) is 21.5. The minimum atomic E-state index is -3.74. The topological polar surface area (TPSA) is 58.2 Å². The smallest absolute Gasteiger partial charge is 0.261 e. The monoisotopic (exact) mass is 484 g/mol. The predicted octanol–water partition coefficient (Wildman–Crippen LogP) is 6.93. The van der Waals surface area contributed by atoms with E-state index < -0.39 is 10.0 Å². The van der Waals surface area contributed by atoms with Crippen LogP contribution in [0.4, 0.5) is 11.4 Å². The number of hydrogen-bond donors (Lipinski definition) is 2. The van der Waals surface area contributed by atoms with Crippen LogP contribution in [0.15, 0.2) is 77.7 Å². The number of rotatable bonds is 4. The number of aryl methyl sites for hydroxylation is 1. The fourth-order valence-electron chi connectivity index (χ4n) is 4.71. The number of hydrogen-bond acceptors (Lipinski definition) is 3. The van der Waals surface area contributed by atoms with E-state index in [0.29, 0.717) is 21.7 Å². The van der Waals surface area contributed by atoms with E-state index in [1.807, 2.05) is 31.2 Å². The third-order valence-corrected chi connectivity index (χ3v) is 8.12. The highest BCUT2D eigenvalue weighted by molar-refractivity contribution is 7.92. The number of nitrogens with one attached hydrogen (secondary N) is 2. The van der Waals surface area contributed by atoms with Gasteiger partial charge in [-0.15, -0.1) is 0 Å². The van der Waals surface area contributed by atoms with Crippen molar-refractivity contribution in [3.05, 3.63) is 99.6 Å². The summed E-state index contributed by atoms with van der Waals surface area (Å²) < 4.78 is 29.0. The zero-order valence-electron chi connectivity index (χ0n) is 17.3. The Morgan fingerprint density at radius 3 is 2.59 bits per heavy atom. The molecule has 32 heavy (non-hydrogen) atoms. The molecule has 3 aromatic rings. The Morgan fingerprint density at radius 1 is 1.00 bits per heavy atom. The molecule has 0 saturated heterocycles. The third kappa shape index (κ3) is 3.90. The van der Waals surface area contributed by atoms with Gasteiger partial charge in [0.1, 0.15) is 0 Å². The average molecular weight is 485 g/mol. The van der Waals surface area contributed by atoms with Crippen molar-refractivity contribution in [2.45, 2.75) is 30.2 Å². The fraction of sp³-hybridized carbons (Fsp3) is 0.200. The molecule has 4 nitrogen and oxygen atoms in total. The van der Waals surface area contributed by atoms with Gasteiger partial charge in [0.2, 0.25) is 0 Å². The van der Waals surface area contributed by atoms with Gasteiger partial charge in [-0.1, -0.05) is 47.5 Å². The van der Waals surface area contributed by atoms with Gasteiger partial charge >= 0.3 is 0 Å². The first-order valence-electron chi connectivity index (χ1n) is 10.4. The molecule has 0 spiro atoms. The van der Waals surface area contributed by atoms with Crippen molar-refractivity contribution in [2.24, 2.45) is 5.92 Å². The van der Waals surface area contributed by atoms with Crippen molar-refractivity contribution in [3.8, 4) is 0 Å². The lowest BCUT2D eigenvalue weighted by molar-refractivity contribution is 0.425. The molecule has 0 saturated carbocycles. The van der Waals surface area contributed by atoms with Crippen LogP contribution >= 0.6 is 23.2 Å². The minimum absolute atomic E-state index is 0.110. The van der Waals surface area contributed by atoms with Crippen molar-refractivity contribution in [1.29, 1.82) is 0 Å². The summed E-state index contributed by atoms with van der Waals surface area (Å²) in [6, 6.07) is 18.4. The number of sulfonamides is 1. The van der Waals surface area contributed by atoms with E-state index in [1.54, 1.807) is 30.3 Å². The van der Waals surface area contributed by atoms with Gasteiger partial charge in [-0.05, 0) is 84.5 Å². The standard InChI is InChI=1S/C25H22Cl2N2O2S/c1-15-12-18(27)8-10-23(15)29-32(30,31)19-9-11-24-22(14-19)20-6-3-7-21(20)25(28-24)16-4-2-5-17(26)13-16/h2-6,8-14,20-21,25,28-29H,7H2,1H3/t20-,21-,25+/m1/s1. The molecule has 1 heterocycles. The Kier molecular flexibility index (Phi) is 5.44. The van der Waals surface area contributed by atoms with Gasteiger partial charge in [-0.3, -0.25) is 4.72 Å². The molecule has 0 radical (unpaired) electrons. The Morgan fingerprint density at radius 2 is 1.81 bits per heavy atom. The summed E-state index contributed by atoms with van der Waals surface area (Å²) in [6.45, 7) is 1.82. The van der Waals surface area contributed by atoms with Crippen molar-refractivity contribution < 1.29 is 8.42 Å². The van der Waals surface area contributed by atoms with Crippen LogP contribution in [-0.4, -0.2) is 8.42 Å². The van der Waals surface area contributed by atoms with E-state index in [0.717, 1.165) is 28.8 Å². The molecule has 3 atom stereocenters. The van der Waals surface area contributed by atoms with Crippen LogP contribution in [0.2, 0.25) is 10.0 Å². The molecule has 1 aliphatic carbocycles. The second-order valence-electron chi connectivity index (χ2n) is 8.34. The largest absolute Gasteiger partial charge is 0.378 e. The van der Waals surface area contributed by atoms with E-state index in [1.165, 1.54) is 0 Å². The highest BCUT2D eigenvalue weighted by Gasteiger charge is 2.38. The molecule has 0 aromatic heterocycles. The summed E-state index contributed by atoms with van der Waals surface area (Å²) in [5, 5.41) is 4.91. The fourth-order valence-corrected chi connectivity index (χ4v) is 6.31. The molecule has 2 aliphatic rings. The molecule has 0 unspecified atom stereocenters. The first-order valence-corrected chi connectivity index (χ1v) is 12.7. The van der Waals surface area contributed by atoms with Crippen LogP contribution in [0.5, 0.6) is 0 Å². The zero-order valence-corrected chi connectivity index (χ0v) is 19.7. The van der Waals surface area contributed by atoms with Crippen LogP contribution in [0.1, 0.15) is 35.1 Å². The second kappa shape index (κ2) is 8.14. The first kappa shape index (κ1) is 21.4. The Hall–Kier alpha value is -2.47. The summed E-state index contributed by atoms with van der Waals surface area (Å²) in [6.07, 6.45) is 5.29. The highest BCUT2D eigenvalue weighted by Crippen LogP contribution is 2.50. The molecule has 3 aromatic carbocycles. The van der Waals surface area contributed by atoms with E-state index in [-0.39, 0.29) is 16.9 Å². The Bertz CT molecular complexity index is 1340.